The Bertz CT molecular complexity index is 1020. The normalized spacial score (nSPS) is 16.0. The number of aryl methyl sites for hydroxylation is 1. The Hall–Kier alpha value is -2.46. The van der Waals surface area contributed by atoms with E-state index in [1.807, 2.05) is 13.1 Å². The molecule has 0 radical (unpaired) electrons. The number of fused-ring (bicyclic) bond motifs is 2. The topological polar surface area (TPSA) is 27.9 Å². The number of allylic oxidation sites excluding steroid dienone is 1. The van der Waals surface area contributed by atoms with Gasteiger partial charge in [0.2, 0.25) is 5.69 Å². The second-order valence-corrected chi connectivity index (χ2v) is 8.21. The summed E-state index contributed by atoms with van der Waals surface area (Å²) in [7, 11) is 2.14. The SMILES string of the molecule is Cc1nc2ccc(NC=CC3=[N+](C)c4ccccc4C3(C)C)cc2s1. The van der Waals surface area contributed by atoms with Crippen LogP contribution in [0.5, 0.6) is 0 Å². The number of anilines is 1. The number of thiazole rings is 1. The summed E-state index contributed by atoms with van der Waals surface area (Å²) in [5.74, 6) is 0. The summed E-state index contributed by atoms with van der Waals surface area (Å²) in [4.78, 5) is 4.51. The molecule has 3 aromatic rings. The molecule has 1 N–H and O–H groups in total. The van der Waals surface area contributed by atoms with Gasteiger partial charge < -0.3 is 5.32 Å². The molecule has 0 saturated carbocycles. The van der Waals surface area contributed by atoms with Crippen LogP contribution in [0.25, 0.3) is 10.2 Å². The van der Waals surface area contributed by atoms with Crippen molar-refractivity contribution < 1.29 is 4.58 Å². The van der Waals surface area contributed by atoms with Crippen LogP contribution >= 0.6 is 11.3 Å². The number of para-hydroxylation sites is 1. The third-order valence-corrected chi connectivity index (χ3v) is 5.86. The number of nitrogens with zero attached hydrogens (tertiary/aromatic N) is 2. The zero-order valence-electron chi connectivity index (χ0n) is 15.0. The molecule has 4 heteroatoms. The Balaban J connectivity index is 1.60. The highest BCUT2D eigenvalue weighted by atomic mass is 32.1. The lowest BCUT2D eigenvalue weighted by atomic mass is 9.81. The smallest absolute Gasteiger partial charge is 0.209 e. The molecule has 25 heavy (non-hydrogen) atoms. The van der Waals surface area contributed by atoms with Crippen molar-refractivity contribution in [3.05, 3.63) is 65.3 Å². The van der Waals surface area contributed by atoms with Gasteiger partial charge in [-0.3, -0.25) is 0 Å². The molecule has 126 valence electrons. The van der Waals surface area contributed by atoms with E-state index >= 15 is 0 Å². The van der Waals surface area contributed by atoms with E-state index in [-0.39, 0.29) is 5.41 Å². The van der Waals surface area contributed by atoms with Gasteiger partial charge in [-0.25, -0.2) is 4.98 Å². The molecule has 1 aliphatic heterocycles. The van der Waals surface area contributed by atoms with Crippen LogP contribution in [0.3, 0.4) is 0 Å². The number of nitrogens with one attached hydrogen (secondary N) is 1. The molecule has 2 aromatic carbocycles. The van der Waals surface area contributed by atoms with Crippen molar-refractivity contribution in [1.82, 2.24) is 4.98 Å². The van der Waals surface area contributed by atoms with Crippen LogP contribution in [0.4, 0.5) is 11.4 Å². The van der Waals surface area contributed by atoms with E-state index in [2.05, 4.69) is 84.3 Å². The number of hydrogen-bond acceptors (Lipinski definition) is 3. The molecule has 0 atom stereocenters. The van der Waals surface area contributed by atoms with Crippen molar-refractivity contribution >= 4 is 38.6 Å². The molecule has 1 aromatic heterocycles. The van der Waals surface area contributed by atoms with Gasteiger partial charge >= 0.3 is 0 Å². The predicted octanol–water partition coefficient (Wildman–Crippen LogP) is 5.24. The van der Waals surface area contributed by atoms with Gasteiger partial charge in [-0.05, 0) is 39.0 Å². The van der Waals surface area contributed by atoms with Gasteiger partial charge in [0, 0.05) is 29.6 Å². The standard InChI is InChI=1S/C21H21N3S/c1-14-23-17-10-9-15(13-19(17)25-14)22-12-11-20-21(2,3)16-7-5-6-8-18(16)24(20)4/h5-13H,1-4H3/p+1. The molecule has 0 saturated heterocycles. The minimum atomic E-state index is 0.00224. The van der Waals surface area contributed by atoms with E-state index in [1.54, 1.807) is 11.3 Å². The zero-order chi connectivity index (χ0) is 17.6. The number of aromatic nitrogens is 1. The molecule has 0 bridgehead atoms. The fourth-order valence-corrected chi connectivity index (χ4v) is 4.51. The molecular formula is C21H22N3S+. The highest BCUT2D eigenvalue weighted by Gasteiger charge is 2.42. The maximum absolute atomic E-state index is 4.51. The molecule has 4 rings (SSSR count). The highest BCUT2D eigenvalue weighted by Crippen LogP contribution is 2.38. The van der Waals surface area contributed by atoms with Gasteiger partial charge in [0.25, 0.3) is 0 Å². The lowest BCUT2D eigenvalue weighted by Gasteiger charge is -2.15. The van der Waals surface area contributed by atoms with E-state index in [1.165, 1.54) is 21.7 Å². The first-order valence-corrected chi connectivity index (χ1v) is 9.29. The third kappa shape index (κ3) is 2.67. The van der Waals surface area contributed by atoms with E-state index in [4.69, 9.17) is 0 Å². The van der Waals surface area contributed by atoms with Crippen molar-refractivity contribution in [2.24, 2.45) is 0 Å². The summed E-state index contributed by atoms with van der Waals surface area (Å²) in [6.45, 7) is 6.60. The van der Waals surface area contributed by atoms with Crippen LogP contribution in [0.1, 0.15) is 24.4 Å². The summed E-state index contributed by atoms with van der Waals surface area (Å²) in [5, 5.41) is 4.51. The summed E-state index contributed by atoms with van der Waals surface area (Å²) >= 11 is 1.73. The largest absolute Gasteiger partial charge is 0.361 e. The summed E-state index contributed by atoms with van der Waals surface area (Å²) in [6.07, 6.45) is 4.22. The number of rotatable bonds is 3. The van der Waals surface area contributed by atoms with Crippen LogP contribution < -0.4 is 5.32 Å². The molecule has 1 aliphatic rings. The first-order chi connectivity index (χ1) is 12.0. The second kappa shape index (κ2) is 5.81. The average molecular weight is 348 g/mol. The molecule has 2 heterocycles. The minimum Gasteiger partial charge on any atom is -0.361 e. The van der Waals surface area contributed by atoms with Crippen molar-refractivity contribution in [2.45, 2.75) is 26.2 Å². The Labute approximate surface area is 152 Å². The van der Waals surface area contributed by atoms with Crippen LogP contribution in [-0.2, 0) is 5.41 Å². The monoisotopic (exact) mass is 348 g/mol. The molecule has 3 nitrogen and oxygen atoms in total. The Morgan fingerprint density at radius 3 is 2.76 bits per heavy atom. The fourth-order valence-electron chi connectivity index (χ4n) is 3.65. The molecule has 0 amide bonds. The van der Waals surface area contributed by atoms with E-state index < -0.39 is 0 Å². The quantitative estimate of drug-likeness (QED) is 0.656. The van der Waals surface area contributed by atoms with Gasteiger partial charge in [-0.2, -0.15) is 4.58 Å². The Morgan fingerprint density at radius 2 is 1.96 bits per heavy atom. The van der Waals surface area contributed by atoms with Gasteiger partial charge in [0.05, 0.1) is 20.6 Å². The van der Waals surface area contributed by atoms with Gasteiger partial charge in [0.1, 0.15) is 7.05 Å². The van der Waals surface area contributed by atoms with Gasteiger partial charge in [0.15, 0.2) is 5.71 Å². The van der Waals surface area contributed by atoms with Crippen molar-refractivity contribution in [3.63, 3.8) is 0 Å². The fraction of sp³-hybridized carbons (Fsp3) is 0.238. The predicted molar refractivity (Wildman–Crippen MR) is 107 cm³/mol. The van der Waals surface area contributed by atoms with Gasteiger partial charge in [-0.15, -0.1) is 11.3 Å². The third-order valence-electron chi connectivity index (χ3n) is 4.93. The lowest BCUT2D eigenvalue weighted by molar-refractivity contribution is -0.401. The highest BCUT2D eigenvalue weighted by molar-refractivity contribution is 7.18. The molecular weight excluding hydrogens is 326 g/mol. The van der Waals surface area contributed by atoms with Crippen molar-refractivity contribution in [3.8, 4) is 0 Å². The van der Waals surface area contributed by atoms with Crippen LogP contribution in [0, 0.1) is 6.92 Å². The molecule has 0 spiro atoms. The summed E-state index contributed by atoms with van der Waals surface area (Å²) in [6, 6.07) is 14.9. The van der Waals surface area contributed by atoms with Crippen molar-refractivity contribution in [1.29, 1.82) is 0 Å². The summed E-state index contributed by atoms with van der Waals surface area (Å²) < 4.78 is 3.50. The number of benzene rings is 2. The Kier molecular flexibility index (Phi) is 3.73. The first-order valence-electron chi connectivity index (χ1n) is 8.48. The van der Waals surface area contributed by atoms with Crippen LogP contribution in [0.15, 0.2) is 54.7 Å². The van der Waals surface area contributed by atoms with Crippen LogP contribution in [0.2, 0.25) is 0 Å². The van der Waals surface area contributed by atoms with Crippen LogP contribution in [-0.4, -0.2) is 22.3 Å². The second-order valence-electron chi connectivity index (χ2n) is 6.98. The first kappa shape index (κ1) is 16.0. The Morgan fingerprint density at radius 1 is 1.16 bits per heavy atom. The zero-order valence-corrected chi connectivity index (χ0v) is 15.8. The van der Waals surface area contributed by atoms with E-state index in [0.29, 0.717) is 0 Å². The molecule has 0 fully saturated rings. The maximum Gasteiger partial charge on any atom is 0.209 e. The van der Waals surface area contributed by atoms with Crippen molar-refractivity contribution in [2.75, 3.05) is 12.4 Å². The molecule has 0 unspecified atom stereocenters. The summed E-state index contributed by atoms with van der Waals surface area (Å²) in [5.41, 5.74) is 6.10. The lowest BCUT2D eigenvalue weighted by Crippen LogP contribution is -2.26. The van der Waals surface area contributed by atoms with E-state index in [9.17, 15) is 0 Å². The van der Waals surface area contributed by atoms with E-state index in [0.717, 1.165) is 16.2 Å². The average Bonchev–Trinajstić information content (AvgIpc) is 3.05. The minimum absolute atomic E-state index is 0.00224. The van der Waals surface area contributed by atoms with Gasteiger partial charge in [-0.1, -0.05) is 18.2 Å². The molecule has 0 aliphatic carbocycles. The number of hydrogen-bond donors (Lipinski definition) is 1. The maximum atomic E-state index is 4.51.